The summed E-state index contributed by atoms with van der Waals surface area (Å²) in [6.45, 7) is 3.91. The first kappa shape index (κ1) is 14.4. The maximum absolute atomic E-state index is 10.6. The van der Waals surface area contributed by atoms with Crippen LogP contribution in [0.15, 0.2) is 0 Å². The smallest absolute Gasteiger partial charge is 0.130 e. The minimum absolute atomic E-state index is 0.307. The van der Waals surface area contributed by atoms with Gasteiger partial charge in [0, 0.05) is 17.9 Å². The Balaban J connectivity index is 2.88. The van der Waals surface area contributed by atoms with Crippen molar-refractivity contribution in [3.63, 3.8) is 0 Å². The zero-order valence-electron chi connectivity index (χ0n) is 9.38. The van der Waals surface area contributed by atoms with Crippen LogP contribution in [0.5, 0.6) is 0 Å². The fourth-order valence-corrected chi connectivity index (χ4v) is 3.31. The van der Waals surface area contributed by atoms with Gasteiger partial charge < -0.3 is 0 Å². The van der Waals surface area contributed by atoms with Crippen molar-refractivity contribution in [2.75, 3.05) is 11.5 Å². The van der Waals surface area contributed by atoms with Gasteiger partial charge in [-0.3, -0.25) is 4.79 Å². The molecule has 0 aromatic rings. The quantitative estimate of drug-likeness (QED) is 0.414. The molecule has 0 spiro atoms. The first-order valence-corrected chi connectivity index (χ1v) is 8.00. The van der Waals surface area contributed by atoms with Crippen LogP contribution < -0.4 is 0 Å². The molecule has 0 aliphatic heterocycles. The molecular weight excluding hydrogens is 212 g/mol. The predicted molar refractivity (Wildman–Crippen MR) is 69.0 cm³/mol. The van der Waals surface area contributed by atoms with Gasteiger partial charge in [0.25, 0.3) is 0 Å². The zero-order valence-corrected chi connectivity index (χ0v) is 11.0. The third kappa shape index (κ3) is 12.4. The largest absolute Gasteiger partial charge is 0.300 e. The lowest BCUT2D eigenvalue weighted by molar-refractivity contribution is -0.116. The van der Waals surface area contributed by atoms with Crippen molar-refractivity contribution < 1.29 is 4.79 Å². The number of hydrogen-bond acceptors (Lipinski definition) is 3. The molecule has 0 bridgehead atoms. The van der Waals surface area contributed by atoms with Crippen LogP contribution in [-0.4, -0.2) is 17.3 Å². The number of hydrogen-bond donors (Lipinski definition) is 0. The molecule has 0 aromatic heterocycles. The molecule has 0 saturated heterocycles. The van der Waals surface area contributed by atoms with Crippen molar-refractivity contribution in [3.8, 4) is 0 Å². The lowest BCUT2D eigenvalue weighted by Crippen LogP contribution is -1.90. The summed E-state index contributed by atoms with van der Waals surface area (Å²) in [5.41, 5.74) is 0. The second-order valence-electron chi connectivity index (χ2n) is 3.51. The average molecular weight is 234 g/mol. The van der Waals surface area contributed by atoms with E-state index in [1.165, 1.54) is 37.9 Å². The van der Waals surface area contributed by atoms with Crippen molar-refractivity contribution in [1.29, 1.82) is 0 Å². The number of ketones is 1. The van der Waals surface area contributed by atoms with Crippen LogP contribution in [0.3, 0.4) is 0 Å². The van der Waals surface area contributed by atoms with E-state index in [4.69, 9.17) is 0 Å². The van der Waals surface area contributed by atoms with Gasteiger partial charge >= 0.3 is 0 Å². The van der Waals surface area contributed by atoms with Crippen molar-refractivity contribution in [2.45, 2.75) is 52.4 Å². The van der Waals surface area contributed by atoms with E-state index in [1.54, 1.807) is 6.92 Å². The molecule has 0 aliphatic carbocycles. The Bertz CT molecular complexity index is 137. The summed E-state index contributed by atoms with van der Waals surface area (Å²) in [6.07, 6.45) is 7.51. The Morgan fingerprint density at radius 1 is 1.00 bits per heavy atom. The first-order valence-electron chi connectivity index (χ1n) is 5.51. The summed E-state index contributed by atoms with van der Waals surface area (Å²) in [6, 6.07) is 0. The van der Waals surface area contributed by atoms with Gasteiger partial charge in [-0.15, -0.1) is 0 Å². The summed E-state index contributed by atoms with van der Waals surface area (Å²) < 4.78 is 0. The summed E-state index contributed by atoms with van der Waals surface area (Å²) in [5.74, 6) is 2.53. The van der Waals surface area contributed by atoms with Gasteiger partial charge in [0.1, 0.15) is 5.78 Å². The molecule has 0 rings (SSSR count). The van der Waals surface area contributed by atoms with Gasteiger partial charge in [0.15, 0.2) is 0 Å². The molecule has 1 nitrogen and oxygen atoms in total. The molecule has 0 aliphatic rings. The molecule has 84 valence electrons. The van der Waals surface area contributed by atoms with Crippen LogP contribution in [0, 0.1) is 0 Å². The maximum atomic E-state index is 10.6. The summed E-state index contributed by atoms with van der Waals surface area (Å²) in [5, 5.41) is 0. The standard InChI is InChI=1S/C11H22OS2/c1-3-4-5-6-7-9-13-14-10-8-11(2)12/h3-10H2,1-2H3. The van der Waals surface area contributed by atoms with Crippen molar-refractivity contribution >= 4 is 27.4 Å². The zero-order chi connectivity index (χ0) is 10.6. The average Bonchev–Trinajstić information content (AvgIpc) is 2.15. The highest BCUT2D eigenvalue weighted by atomic mass is 33.1. The summed E-state index contributed by atoms with van der Waals surface area (Å²) in [4.78, 5) is 10.6. The molecular formula is C11H22OS2. The van der Waals surface area contributed by atoms with Gasteiger partial charge in [-0.25, -0.2) is 0 Å². The topological polar surface area (TPSA) is 17.1 Å². The van der Waals surface area contributed by atoms with Crippen molar-refractivity contribution in [2.24, 2.45) is 0 Å². The normalized spacial score (nSPS) is 10.4. The Morgan fingerprint density at radius 2 is 1.64 bits per heavy atom. The Morgan fingerprint density at radius 3 is 2.29 bits per heavy atom. The summed E-state index contributed by atoms with van der Waals surface area (Å²) in [7, 11) is 3.76. The fraction of sp³-hybridized carbons (Fsp3) is 0.909. The van der Waals surface area contributed by atoms with Gasteiger partial charge in [0.05, 0.1) is 0 Å². The van der Waals surface area contributed by atoms with E-state index in [2.05, 4.69) is 6.92 Å². The molecule has 14 heavy (non-hydrogen) atoms. The highest BCUT2D eigenvalue weighted by molar-refractivity contribution is 8.76. The van der Waals surface area contributed by atoms with E-state index >= 15 is 0 Å². The van der Waals surface area contributed by atoms with Crippen LogP contribution in [0.2, 0.25) is 0 Å². The third-order valence-electron chi connectivity index (χ3n) is 1.95. The van der Waals surface area contributed by atoms with Crippen LogP contribution in [0.25, 0.3) is 0 Å². The van der Waals surface area contributed by atoms with Crippen LogP contribution in [0.4, 0.5) is 0 Å². The fourth-order valence-electron chi connectivity index (χ4n) is 1.07. The maximum Gasteiger partial charge on any atom is 0.130 e. The summed E-state index contributed by atoms with van der Waals surface area (Å²) >= 11 is 0. The Labute approximate surface area is 96.2 Å². The minimum Gasteiger partial charge on any atom is -0.300 e. The molecule has 0 N–H and O–H groups in total. The molecule has 0 unspecified atom stereocenters. The third-order valence-corrected chi connectivity index (χ3v) is 4.44. The van der Waals surface area contributed by atoms with Crippen LogP contribution in [0.1, 0.15) is 52.4 Å². The first-order chi connectivity index (χ1) is 6.77. The highest BCUT2D eigenvalue weighted by Crippen LogP contribution is 2.23. The van der Waals surface area contributed by atoms with E-state index in [-0.39, 0.29) is 0 Å². The molecule has 0 fully saturated rings. The van der Waals surface area contributed by atoms with Crippen LogP contribution in [-0.2, 0) is 4.79 Å². The lowest BCUT2D eigenvalue weighted by Gasteiger charge is -2.00. The Hall–Kier alpha value is 0.370. The van der Waals surface area contributed by atoms with E-state index in [0.29, 0.717) is 5.78 Å². The molecule has 0 amide bonds. The molecule has 0 radical (unpaired) electrons. The molecule has 0 saturated carbocycles. The number of carbonyl (C=O) groups excluding carboxylic acids is 1. The minimum atomic E-state index is 0.307. The van der Waals surface area contributed by atoms with Crippen LogP contribution >= 0.6 is 21.6 Å². The van der Waals surface area contributed by atoms with E-state index in [0.717, 1.165) is 12.2 Å². The van der Waals surface area contributed by atoms with E-state index in [9.17, 15) is 4.79 Å². The van der Waals surface area contributed by atoms with Gasteiger partial charge in [-0.1, -0.05) is 54.2 Å². The number of rotatable bonds is 10. The monoisotopic (exact) mass is 234 g/mol. The van der Waals surface area contributed by atoms with Crippen molar-refractivity contribution in [1.82, 2.24) is 0 Å². The number of carbonyl (C=O) groups is 1. The second kappa shape index (κ2) is 11.4. The molecule has 0 aromatic carbocycles. The number of Topliss-reactive ketones (excluding diaryl/α,β-unsaturated/α-hetero) is 1. The molecule has 0 atom stereocenters. The molecule has 3 heteroatoms. The molecule has 0 heterocycles. The lowest BCUT2D eigenvalue weighted by atomic mass is 10.2. The van der Waals surface area contributed by atoms with E-state index in [1.807, 2.05) is 21.6 Å². The predicted octanol–water partition coefficient (Wildman–Crippen LogP) is 4.32. The van der Waals surface area contributed by atoms with E-state index < -0.39 is 0 Å². The Kier molecular flexibility index (Phi) is 11.7. The number of unbranched alkanes of at least 4 members (excludes halogenated alkanes) is 4. The van der Waals surface area contributed by atoms with Gasteiger partial charge in [-0.2, -0.15) is 0 Å². The van der Waals surface area contributed by atoms with Gasteiger partial charge in [-0.05, 0) is 13.3 Å². The SMILES string of the molecule is CCCCCCCSSCCC(C)=O. The highest BCUT2D eigenvalue weighted by Gasteiger charge is 1.94. The van der Waals surface area contributed by atoms with Crippen molar-refractivity contribution in [3.05, 3.63) is 0 Å². The van der Waals surface area contributed by atoms with Gasteiger partial charge in [0.2, 0.25) is 0 Å². The second-order valence-corrected chi connectivity index (χ2v) is 6.21.